The van der Waals surface area contributed by atoms with Crippen molar-refractivity contribution >= 4 is 29.1 Å². The molecule has 2 amide bonds. The number of amides is 2. The van der Waals surface area contributed by atoms with Gasteiger partial charge in [-0.3, -0.25) is 9.59 Å². The molecule has 28 heavy (non-hydrogen) atoms. The number of rotatable bonds is 4. The Labute approximate surface area is 164 Å². The summed E-state index contributed by atoms with van der Waals surface area (Å²) in [6, 6.07) is 6.99. The van der Waals surface area contributed by atoms with Crippen molar-refractivity contribution in [2.75, 3.05) is 35.3 Å². The average Bonchev–Trinajstić information content (AvgIpc) is 2.67. The summed E-state index contributed by atoms with van der Waals surface area (Å²) >= 11 is 0. The molecule has 1 N–H and O–H groups in total. The molecule has 3 rings (SSSR count). The smallest absolute Gasteiger partial charge is 0.257 e. The molecule has 1 aliphatic heterocycles. The van der Waals surface area contributed by atoms with Crippen LogP contribution in [-0.2, 0) is 9.53 Å². The van der Waals surface area contributed by atoms with Crippen molar-refractivity contribution in [1.82, 2.24) is 9.97 Å². The van der Waals surface area contributed by atoms with Crippen LogP contribution >= 0.6 is 0 Å². The first kappa shape index (κ1) is 19.8. The second kappa shape index (κ2) is 8.35. The highest BCUT2D eigenvalue weighted by molar-refractivity contribution is 6.04. The molecule has 8 nitrogen and oxygen atoms in total. The van der Waals surface area contributed by atoms with Crippen LogP contribution < -0.4 is 15.1 Å². The number of hydrogen-bond acceptors (Lipinski definition) is 6. The zero-order valence-corrected chi connectivity index (χ0v) is 16.5. The fourth-order valence-electron chi connectivity index (χ4n) is 3.10. The topological polar surface area (TPSA) is 87.7 Å². The van der Waals surface area contributed by atoms with Gasteiger partial charge in [0, 0.05) is 33.3 Å². The maximum atomic E-state index is 12.5. The highest BCUT2D eigenvalue weighted by Gasteiger charge is 2.23. The Kier molecular flexibility index (Phi) is 5.89. The number of nitrogens with one attached hydrogen (secondary N) is 1. The van der Waals surface area contributed by atoms with Crippen molar-refractivity contribution in [3.05, 3.63) is 42.2 Å². The van der Waals surface area contributed by atoms with Crippen molar-refractivity contribution in [2.45, 2.75) is 33.0 Å². The number of carbonyl (C=O) groups is 2. The van der Waals surface area contributed by atoms with Crippen LogP contribution in [0.25, 0.3) is 0 Å². The third-order valence-corrected chi connectivity index (χ3v) is 4.58. The van der Waals surface area contributed by atoms with Gasteiger partial charge in [0.1, 0.15) is 11.6 Å². The molecule has 2 aromatic rings. The molecule has 3 heterocycles. The average molecular weight is 383 g/mol. The summed E-state index contributed by atoms with van der Waals surface area (Å²) in [6.07, 6.45) is 3.38. The van der Waals surface area contributed by atoms with Crippen molar-refractivity contribution in [3.8, 4) is 0 Å². The summed E-state index contributed by atoms with van der Waals surface area (Å²) in [6.45, 7) is 7.09. The molecule has 1 saturated heterocycles. The van der Waals surface area contributed by atoms with Crippen LogP contribution in [0.4, 0.5) is 17.3 Å². The van der Waals surface area contributed by atoms with Crippen LogP contribution in [0.2, 0.25) is 0 Å². The molecule has 1 aliphatic rings. The SMILES string of the molecule is CC(=O)N(C)c1ccc(NC(=O)c2ccc(N3CC(C)OC(C)C3)nc2)cn1. The quantitative estimate of drug-likeness (QED) is 0.872. The number of pyridine rings is 2. The van der Waals surface area contributed by atoms with Crippen molar-refractivity contribution < 1.29 is 14.3 Å². The van der Waals surface area contributed by atoms with Crippen molar-refractivity contribution in [1.29, 1.82) is 0 Å². The molecular weight excluding hydrogens is 358 g/mol. The summed E-state index contributed by atoms with van der Waals surface area (Å²) in [5.41, 5.74) is 1.01. The van der Waals surface area contributed by atoms with Gasteiger partial charge in [-0.15, -0.1) is 0 Å². The van der Waals surface area contributed by atoms with Crippen LogP contribution in [0.5, 0.6) is 0 Å². The van der Waals surface area contributed by atoms with E-state index in [1.807, 2.05) is 19.9 Å². The second-order valence-electron chi connectivity index (χ2n) is 7.00. The van der Waals surface area contributed by atoms with Crippen LogP contribution in [0.3, 0.4) is 0 Å². The maximum Gasteiger partial charge on any atom is 0.257 e. The van der Waals surface area contributed by atoms with Gasteiger partial charge in [-0.25, -0.2) is 9.97 Å². The van der Waals surface area contributed by atoms with Gasteiger partial charge in [0.2, 0.25) is 5.91 Å². The first-order valence-electron chi connectivity index (χ1n) is 9.21. The van der Waals surface area contributed by atoms with Crippen molar-refractivity contribution in [3.63, 3.8) is 0 Å². The molecule has 0 bridgehead atoms. The van der Waals surface area contributed by atoms with Gasteiger partial charge in [-0.05, 0) is 38.1 Å². The highest BCUT2D eigenvalue weighted by atomic mass is 16.5. The number of carbonyl (C=O) groups excluding carboxylic acids is 2. The molecule has 0 aromatic carbocycles. The summed E-state index contributed by atoms with van der Waals surface area (Å²) < 4.78 is 5.74. The van der Waals surface area contributed by atoms with E-state index in [1.165, 1.54) is 18.0 Å². The van der Waals surface area contributed by atoms with E-state index in [-0.39, 0.29) is 24.0 Å². The van der Waals surface area contributed by atoms with E-state index in [2.05, 4.69) is 20.2 Å². The van der Waals surface area contributed by atoms with Gasteiger partial charge >= 0.3 is 0 Å². The minimum Gasteiger partial charge on any atom is -0.372 e. The fourth-order valence-corrected chi connectivity index (χ4v) is 3.10. The third kappa shape index (κ3) is 4.64. The molecule has 0 saturated carbocycles. The Balaban J connectivity index is 1.64. The number of ether oxygens (including phenoxy) is 1. The first-order valence-corrected chi connectivity index (χ1v) is 9.21. The van der Waals surface area contributed by atoms with Gasteiger partial charge in [0.25, 0.3) is 5.91 Å². The summed E-state index contributed by atoms with van der Waals surface area (Å²) in [5, 5.41) is 2.79. The van der Waals surface area contributed by atoms with E-state index < -0.39 is 0 Å². The zero-order valence-electron chi connectivity index (χ0n) is 16.5. The van der Waals surface area contributed by atoms with Gasteiger partial charge in [-0.1, -0.05) is 0 Å². The van der Waals surface area contributed by atoms with E-state index in [4.69, 9.17) is 4.74 Å². The Morgan fingerprint density at radius 2 is 1.82 bits per heavy atom. The number of morpholine rings is 1. The summed E-state index contributed by atoms with van der Waals surface area (Å²) in [4.78, 5) is 36.1. The lowest BCUT2D eigenvalue weighted by Crippen LogP contribution is -2.45. The molecule has 8 heteroatoms. The van der Waals surface area contributed by atoms with E-state index in [9.17, 15) is 9.59 Å². The normalized spacial score (nSPS) is 19.2. The maximum absolute atomic E-state index is 12.5. The molecular formula is C20H25N5O3. The van der Waals surface area contributed by atoms with E-state index in [0.29, 0.717) is 17.1 Å². The predicted octanol–water partition coefficient (Wildman–Crippen LogP) is 2.33. The van der Waals surface area contributed by atoms with Crippen LogP contribution in [-0.4, -0.2) is 54.1 Å². The minimum atomic E-state index is -0.266. The Bertz CT molecular complexity index is 828. The fraction of sp³-hybridized carbons (Fsp3) is 0.400. The Morgan fingerprint density at radius 3 is 2.36 bits per heavy atom. The molecule has 2 unspecified atom stereocenters. The van der Waals surface area contributed by atoms with Gasteiger partial charge in [0.05, 0.1) is 29.7 Å². The Hall–Kier alpha value is -3.00. The highest BCUT2D eigenvalue weighted by Crippen LogP contribution is 2.19. The van der Waals surface area contributed by atoms with E-state index in [0.717, 1.165) is 18.9 Å². The molecule has 0 aliphatic carbocycles. The second-order valence-corrected chi connectivity index (χ2v) is 7.00. The number of aromatic nitrogens is 2. The minimum absolute atomic E-state index is 0.112. The third-order valence-electron chi connectivity index (χ3n) is 4.58. The number of hydrogen-bond donors (Lipinski definition) is 1. The molecule has 0 radical (unpaired) electrons. The van der Waals surface area contributed by atoms with Gasteiger partial charge in [0.15, 0.2) is 0 Å². The predicted molar refractivity (Wildman–Crippen MR) is 108 cm³/mol. The van der Waals surface area contributed by atoms with Crippen LogP contribution in [0, 0.1) is 0 Å². The standard InChI is InChI=1S/C20H25N5O3/c1-13-11-25(12-14(2)28-13)19-7-5-16(9-21-19)20(27)23-17-6-8-18(22-10-17)24(4)15(3)26/h5-10,13-14H,11-12H2,1-4H3,(H,23,27). The summed E-state index contributed by atoms with van der Waals surface area (Å²) in [7, 11) is 1.64. The molecule has 2 aromatic heterocycles. The van der Waals surface area contributed by atoms with Crippen molar-refractivity contribution in [2.24, 2.45) is 0 Å². The molecule has 2 atom stereocenters. The van der Waals surface area contributed by atoms with E-state index >= 15 is 0 Å². The molecule has 1 fully saturated rings. The lowest BCUT2D eigenvalue weighted by Gasteiger charge is -2.36. The molecule has 148 valence electrons. The van der Waals surface area contributed by atoms with E-state index in [1.54, 1.807) is 31.4 Å². The lowest BCUT2D eigenvalue weighted by atomic mass is 10.2. The first-order chi connectivity index (χ1) is 13.3. The van der Waals surface area contributed by atoms with Crippen LogP contribution in [0.15, 0.2) is 36.7 Å². The largest absolute Gasteiger partial charge is 0.372 e. The van der Waals surface area contributed by atoms with Gasteiger partial charge < -0.3 is 19.9 Å². The van der Waals surface area contributed by atoms with Crippen LogP contribution in [0.1, 0.15) is 31.1 Å². The zero-order chi connectivity index (χ0) is 20.3. The lowest BCUT2D eigenvalue weighted by molar-refractivity contribution is -0.116. The molecule has 0 spiro atoms. The number of anilines is 3. The van der Waals surface area contributed by atoms with Gasteiger partial charge in [-0.2, -0.15) is 0 Å². The number of nitrogens with zero attached hydrogens (tertiary/aromatic N) is 4. The summed E-state index contributed by atoms with van der Waals surface area (Å²) in [5.74, 6) is 0.971. The Morgan fingerprint density at radius 1 is 1.11 bits per heavy atom. The monoisotopic (exact) mass is 383 g/mol.